The summed E-state index contributed by atoms with van der Waals surface area (Å²) in [7, 11) is -3.10. The molecule has 0 aliphatic carbocycles. The molecule has 0 aromatic carbocycles. The number of esters is 1. The minimum Gasteiger partial charge on any atom is -0.461 e. The number of rotatable bonds is 2. The second-order valence-electron chi connectivity index (χ2n) is 3.52. The monoisotopic (exact) mass is 233 g/mol. The van der Waals surface area contributed by atoms with Crippen LogP contribution in [0.15, 0.2) is 5.16 Å². The third kappa shape index (κ3) is 1.83. The summed E-state index contributed by atoms with van der Waals surface area (Å²) in [5.41, 5.74) is 0.0999. The van der Waals surface area contributed by atoms with Crippen molar-refractivity contribution in [2.24, 2.45) is 11.1 Å². The number of ether oxygens (including phenoxy) is 1. The summed E-state index contributed by atoms with van der Waals surface area (Å²) < 4.78 is 27.3. The number of carbonyl (C=O) groups is 1. The lowest BCUT2D eigenvalue weighted by atomic mass is 10.0. The van der Waals surface area contributed by atoms with E-state index in [2.05, 4.69) is 5.16 Å². The average Bonchev–Trinajstić information content (AvgIpc) is 2.59. The molecule has 2 atom stereocenters. The molecule has 7 heteroatoms. The van der Waals surface area contributed by atoms with Crippen molar-refractivity contribution in [1.82, 2.24) is 0 Å². The van der Waals surface area contributed by atoms with Crippen LogP contribution < -0.4 is 0 Å². The van der Waals surface area contributed by atoms with Gasteiger partial charge in [-0.1, -0.05) is 5.16 Å². The van der Waals surface area contributed by atoms with E-state index in [1.165, 1.54) is 0 Å². The van der Waals surface area contributed by atoms with E-state index >= 15 is 0 Å². The first-order chi connectivity index (χ1) is 7.03. The summed E-state index contributed by atoms with van der Waals surface area (Å²) in [5.74, 6) is -1.17. The van der Waals surface area contributed by atoms with Gasteiger partial charge in [0.15, 0.2) is 21.7 Å². The van der Waals surface area contributed by atoms with Crippen LogP contribution in [0.4, 0.5) is 0 Å². The zero-order chi connectivity index (χ0) is 11.1. The van der Waals surface area contributed by atoms with Crippen molar-refractivity contribution in [3.8, 4) is 0 Å². The highest BCUT2D eigenvalue weighted by Crippen LogP contribution is 2.29. The number of sulfone groups is 1. The van der Waals surface area contributed by atoms with Crippen molar-refractivity contribution in [1.29, 1.82) is 0 Å². The Bertz CT molecular complexity index is 413. The average molecular weight is 233 g/mol. The van der Waals surface area contributed by atoms with Gasteiger partial charge in [0.1, 0.15) is 0 Å². The Morgan fingerprint density at radius 1 is 1.60 bits per heavy atom. The molecule has 1 fully saturated rings. The highest BCUT2D eigenvalue weighted by atomic mass is 32.2. The molecular weight excluding hydrogens is 222 g/mol. The Morgan fingerprint density at radius 3 is 3.00 bits per heavy atom. The lowest BCUT2D eigenvalue weighted by molar-refractivity contribution is -0.135. The molecular formula is C8H11NO5S. The smallest absolute Gasteiger partial charge is 0.356 e. The molecule has 0 spiro atoms. The van der Waals surface area contributed by atoms with E-state index in [1.54, 1.807) is 6.92 Å². The molecule has 2 rings (SSSR count). The highest BCUT2D eigenvalue weighted by molar-refractivity contribution is 7.91. The maximum Gasteiger partial charge on any atom is 0.356 e. The lowest BCUT2D eigenvalue weighted by Gasteiger charge is -2.05. The van der Waals surface area contributed by atoms with Crippen LogP contribution in [-0.4, -0.2) is 44.3 Å². The van der Waals surface area contributed by atoms with Gasteiger partial charge in [0.2, 0.25) is 0 Å². The van der Waals surface area contributed by atoms with Crippen LogP contribution in [-0.2, 0) is 24.2 Å². The minimum atomic E-state index is -3.10. The predicted molar refractivity (Wildman–Crippen MR) is 51.1 cm³/mol. The first-order valence-electron chi connectivity index (χ1n) is 4.65. The van der Waals surface area contributed by atoms with Gasteiger partial charge in [-0.3, -0.25) is 0 Å². The second-order valence-corrected chi connectivity index (χ2v) is 5.68. The SMILES string of the molecule is CCOC(=O)C1=NO[C@@H]2CS(=O)(=O)C[C@@H]12. The zero-order valence-corrected chi connectivity index (χ0v) is 8.99. The summed E-state index contributed by atoms with van der Waals surface area (Å²) in [6.07, 6.45) is -0.505. The van der Waals surface area contributed by atoms with E-state index in [0.29, 0.717) is 0 Å². The Morgan fingerprint density at radius 2 is 2.33 bits per heavy atom. The molecule has 0 bridgehead atoms. The number of oxime groups is 1. The Labute approximate surface area is 87.1 Å². The predicted octanol–water partition coefficient (Wildman–Crippen LogP) is -0.651. The minimum absolute atomic E-state index is 0.0654. The molecule has 0 aromatic heterocycles. The van der Waals surface area contributed by atoms with Crippen LogP contribution >= 0.6 is 0 Å². The largest absolute Gasteiger partial charge is 0.461 e. The Kier molecular flexibility index (Phi) is 2.41. The van der Waals surface area contributed by atoms with Crippen molar-refractivity contribution in [3.05, 3.63) is 0 Å². The number of fused-ring (bicyclic) bond motifs is 1. The zero-order valence-electron chi connectivity index (χ0n) is 8.17. The van der Waals surface area contributed by atoms with Crippen LogP contribution in [0.5, 0.6) is 0 Å². The normalized spacial score (nSPS) is 31.7. The molecule has 2 heterocycles. The molecule has 2 aliphatic heterocycles. The van der Waals surface area contributed by atoms with Crippen molar-refractivity contribution < 1.29 is 22.8 Å². The van der Waals surface area contributed by atoms with Crippen LogP contribution in [0.25, 0.3) is 0 Å². The fraction of sp³-hybridized carbons (Fsp3) is 0.750. The third-order valence-electron chi connectivity index (χ3n) is 2.42. The molecule has 0 aromatic rings. The van der Waals surface area contributed by atoms with Crippen molar-refractivity contribution >= 4 is 21.5 Å². The standard InChI is InChI=1S/C8H11NO5S/c1-2-13-8(10)7-5-3-15(11,12)4-6(5)14-9-7/h5-6H,2-4H2,1H3/t5-,6-/m1/s1. The summed E-state index contributed by atoms with van der Waals surface area (Å²) in [6, 6.07) is 0. The van der Waals surface area contributed by atoms with Gasteiger partial charge in [-0.15, -0.1) is 0 Å². The molecule has 6 nitrogen and oxygen atoms in total. The Balaban J connectivity index is 2.14. The molecule has 0 N–H and O–H groups in total. The van der Waals surface area contributed by atoms with Crippen molar-refractivity contribution in [2.45, 2.75) is 13.0 Å². The molecule has 15 heavy (non-hydrogen) atoms. The van der Waals surface area contributed by atoms with Gasteiger partial charge in [0, 0.05) is 0 Å². The molecule has 0 unspecified atom stereocenters. The van der Waals surface area contributed by atoms with Gasteiger partial charge in [0.25, 0.3) is 0 Å². The molecule has 0 saturated carbocycles. The second kappa shape index (κ2) is 3.48. The van der Waals surface area contributed by atoms with E-state index in [4.69, 9.17) is 9.57 Å². The summed E-state index contributed by atoms with van der Waals surface area (Å²) >= 11 is 0. The third-order valence-corrected chi connectivity index (χ3v) is 4.13. The fourth-order valence-corrected chi connectivity index (χ4v) is 3.61. The van der Waals surface area contributed by atoms with Gasteiger partial charge in [-0.05, 0) is 6.92 Å². The van der Waals surface area contributed by atoms with Crippen LogP contribution in [0.3, 0.4) is 0 Å². The van der Waals surface area contributed by atoms with Gasteiger partial charge in [-0.25, -0.2) is 13.2 Å². The Hall–Kier alpha value is -1.11. The molecule has 0 radical (unpaired) electrons. The summed E-state index contributed by atoms with van der Waals surface area (Å²) in [6.45, 7) is 1.92. The van der Waals surface area contributed by atoms with Gasteiger partial charge in [0.05, 0.1) is 24.0 Å². The van der Waals surface area contributed by atoms with E-state index in [1.807, 2.05) is 0 Å². The number of hydrogen-bond acceptors (Lipinski definition) is 6. The first kappa shape index (κ1) is 10.4. The molecule has 84 valence electrons. The maximum absolute atomic E-state index is 11.4. The highest BCUT2D eigenvalue weighted by Gasteiger charge is 2.48. The van der Waals surface area contributed by atoms with E-state index in [9.17, 15) is 13.2 Å². The first-order valence-corrected chi connectivity index (χ1v) is 6.47. The van der Waals surface area contributed by atoms with Crippen LogP contribution in [0.2, 0.25) is 0 Å². The lowest BCUT2D eigenvalue weighted by Crippen LogP contribution is -2.28. The van der Waals surface area contributed by atoms with Crippen LogP contribution in [0.1, 0.15) is 6.92 Å². The van der Waals surface area contributed by atoms with E-state index < -0.39 is 27.8 Å². The maximum atomic E-state index is 11.4. The van der Waals surface area contributed by atoms with Gasteiger partial charge in [-0.2, -0.15) is 0 Å². The quantitative estimate of drug-likeness (QED) is 0.592. The summed E-state index contributed by atoms with van der Waals surface area (Å²) in [4.78, 5) is 16.3. The van der Waals surface area contributed by atoms with Gasteiger partial charge >= 0.3 is 5.97 Å². The van der Waals surface area contributed by atoms with Crippen molar-refractivity contribution in [3.63, 3.8) is 0 Å². The van der Waals surface area contributed by atoms with Gasteiger partial charge < -0.3 is 9.57 Å². The van der Waals surface area contributed by atoms with Crippen molar-refractivity contribution in [2.75, 3.05) is 18.1 Å². The van der Waals surface area contributed by atoms with Crippen LogP contribution in [0, 0.1) is 5.92 Å². The van der Waals surface area contributed by atoms with E-state index in [-0.39, 0.29) is 23.8 Å². The molecule has 2 aliphatic rings. The number of nitrogens with zero attached hydrogens (tertiary/aromatic N) is 1. The van der Waals surface area contributed by atoms with E-state index in [0.717, 1.165) is 0 Å². The number of hydrogen-bond donors (Lipinski definition) is 0. The number of carbonyl (C=O) groups excluding carboxylic acids is 1. The topological polar surface area (TPSA) is 82.0 Å². The summed E-state index contributed by atoms with van der Waals surface area (Å²) in [5, 5.41) is 3.58. The molecule has 1 saturated heterocycles. The molecule has 0 amide bonds. The fourth-order valence-electron chi connectivity index (χ4n) is 1.76.